The summed E-state index contributed by atoms with van der Waals surface area (Å²) >= 11 is 7.23. The van der Waals surface area contributed by atoms with Crippen molar-refractivity contribution in [2.45, 2.75) is 49.6 Å². The van der Waals surface area contributed by atoms with Gasteiger partial charge >= 0.3 is 0 Å². The first kappa shape index (κ1) is 12.6. The van der Waals surface area contributed by atoms with E-state index in [1.807, 2.05) is 0 Å². The molecule has 1 saturated heterocycles. The predicted molar refractivity (Wildman–Crippen MR) is 65.1 cm³/mol. The molecule has 5 atom stereocenters. The van der Waals surface area contributed by atoms with Gasteiger partial charge in [-0.05, 0) is 6.42 Å². The lowest BCUT2D eigenvalue weighted by atomic mass is 9.99. The summed E-state index contributed by atoms with van der Waals surface area (Å²) in [4.78, 5) is 4.40. The molecular formula is C10H16ClNO3S. The van der Waals surface area contributed by atoms with Crippen molar-refractivity contribution in [3.8, 4) is 0 Å². The summed E-state index contributed by atoms with van der Waals surface area (Å²) in [5, 5.41) is 20.7. The Morgan fingerprint density at radius 1 is 1.44 bits per heavy atom. The molecule has 92 valence electrons. The number of rotatable bonds is 3. The Morgan fingerprint density at radius 2 is 2.19 bits per heavy atom. The maximum absolute atomic E-state index is 9.93. The number of aliphatic hydroxyl groups excluding tert-OH is 2. The lowest BCUT2D eigenvalue weighted by Crippen LogP contribution is -2.55. The van der Waals surface area contributed by atoms with Crippen molar-refractivity contribution in [2.75, 3.05) is 5.88 Å². The number of nitrogens with zero attached hydrogens (tertiary/aromatic N) is 1. The number of fused-ring (bicyclic) bond motifs is 1. The third-order valence-corrected chi connectivity index (χ3v) is 4.34. The predicted octanol–water partition coefficient (Wildman–Crippen LogP) is 0.986. The molecule has 0 aliphatic carbocycles. The van der Waals surface area contributed by atoms with Gasteiger partial charge in [-0.1, -0.05) is 25.1 Å². The van der Waals surface area contributed by atoms with Crippen LogP contribution < -0.4 is 0 Å². The fourth-order valence-electron chi connectivity index (χ4n) is 1.95. The van der Waals surface area contributed by atoms with E-state index in [0.29, 0.717) is 0 Å². The number of alkyl halides is 1. The van der Waals surface area contributed by atoms with E-state index in [-0.39, 0.29) is 17.4 Å². The lowest BCUT2D eigenvalue weighted by Gasteiger charge is -2.37. The first-order valence-electron chi connectivity index (χ1n) is 5.48. The van der Waals surface area contributed by atoms with E-state index in [9.17, 15) is 10.2 Å². The number of aliphatic imine (C=N–C) groups is 1. The molecule has 2 heterocycles. The van der Waals surface area contributed by atoms with Gasteiger partial charge in [-0.2, -0.15) is 0 Å². The van der Waals surface area contributed by atoms with E-state index in [2.05, 4.69) is 11.9 Å². The quantitative estimate of drug-likeness (QED) is 0.747. The Bertz CT molecular complexity index is 289. The van der Waals surface area contributed by atoms with E-state index in [1.165, 1.54) is 0 Å². The molecule has 2 aliphatic heterocycles. The zero-order valence-electron chi connectivity index (χ0n) is 9.04. The topological polar surface area (TPSA) is 62.1 Å². The SMILES string of the molecule is CCCC1=N[C@@H]2[C@@H](O)[C@H](O)[C@@H](CCl)O[C@@H]2S1. The van der Waals surface area contributed by atoms with Crippen LogP contribution in [0.25, 0.3) is 0 Å². The highest BCUT2D eigenvalue weighted by Crippen LogP contribution is 2.37. The van der Waals surface area contributed by atoms with Gasteiger partial charge in [0.1, 0.15) is 29.8 Å². The van der Waals surface area contributed by atoms with Crippen LogP contribution in [0.2, 0.25) is 0 Å². The Hall–Kier alpha value is 0.190. The molecular weight excluding hydrogens is 250 g/mol. The number of hydrogen-bond donors (Lipinski definition) is 2. The van der Waals surface area contributed by atoms with Gasteiger partial charge in [0.05, 0.1) is 10.9 Å². The minimum absolute atomic E-state index is 0.186. The summed E-state index contributed by atoms with van der Waals surface area (Å²) in [6.07, 6.45) is -0.395. The van der Waals surface area contributed by atoms with E-state index < -0.39 is 18.3 Å². The van der Waals surface area contributed by atoms with Gasteiger partial charge in [0, 0.05) is 0 Å². The Balaban J connectivity index is 2.08. The zero-order chi connectivity index (χ0) is 11.7. The van der Waals surface area contributed by atoms with Crippen LogP contribution in [0.3, 0.4) is 0 Å². The third-order valence-electron chi connectivity index (χ3n) is 2.83. The average Bonchev–Trinajstić information content (AvgIpc) is 2.67. The van der Waals surface area contributed by atoms with Gasteiger partial charge in [-0.3, -0.25) is 4.99 Å². The summed E-state index contributed by atoms with van der Waals surface area (Å²) in [6, 6.07) is -0.346. The molecule has 4 nitrogen and oxygen atoms in total. The van der Waals surface area contributed by atoms with E-state index in [1.54, 1.807) is 11.8 Å². The minimum atomic E-state index is -0.941. The molecule has 0 saturated carbocycles. The molecule has 0 amide bonds. The molecule has 0 spiro atoms. The van der Waals surface area contributed by atoms with Gasteiger partial charge < -0.3 is 14.9 Å². The molecule has 0 aromatic heterocycles. The highest BCUT2D eigenvalue weighted by Gasteiger charge is 2.47. The molecule has 2 aliphatic rings. The van der Waals surface area contributed by atoms with Gasteiger partial charge in [0.15, 0.2) is 0 Å². The molecule has 2 N–H and O–H groups in total. The third kappa shape index (κ3) is 2.24. The standard InChI is InChI=1S/C10H16ClNO3S/c1-2-3-6-12-7-9(14)8(13)5(4-11)15-10(7)16-6/h5,7-10,13-14H,2-4H2,1H3/t5-,7-,8-,9-,10-/m1/s1. The number of hydrogen-bond acceptors (Lipinski definition) is 5. The van der Waals surface area contributed by atoms with Gasteiger partial charge in [0.25, 0.3) is 0 Å². The summed E-state index contributed by atoms with van der Waals surface area (Å²) in [7, 11) is 0. The summed E-state index contributed by atoms with van der Waals surface area (Å²) in [5.74, 6) is 0.186. The van der Waals surface area contributed by atoms with Crippen molar-refractivity contribution >= 4 is 28.4 Å². The minimum Gasteiger partial charge on any atom is -0.388 e. The highest BCUT2D eigenvalue weighted by atomic mass is 35.5. The Morgan fingerprint density at radius 3 is 2.81 bits per heavy atom. The number of aliphatic hydroxyl groups is 2. The molecule has 0 aromatic rings. The smallest absolute Gasteiger partial charge is 0.134 e. The molecule has 0 bridgehead atoms. The van der Waals surface area contributed by atoms with Crippen LogP contribution >= 0.6 is 23.4 Å². The summed E-state index contributed by atoms with van der Waals surface area (Å²) < 4.78 is 5.63. The normalized spacial score (nSPS) is 43.0. The number of halogens is 1. The summed E-state index contributed by atoms with van der Waals surface area (Å²) in [6.45, 7) is 2.08. The van der Waals surface area contributed by atoms with Crippen LogP contribution in [0.4, 0.5) is 0 Å². The zero-order valence-corrected chi connectivity index (χ0v) is 10.6. The first-order chi connectivity index (χ1) is 7.67. The number of ether oxygens (including phenoxy) is 1. The number of thioether (sulfide) groups is 1. The van der Waals surface area contributed by atoms with Crippen LogP contribution in [-0.4, -0.2) is 50.9 Å². The van der Waals surface area contributed by atoms with E-state index in [4.69, 9.17) is 16.3 Å². The van der Waals surface area contributed by atoms with E-state index >= 15 is 0 Å². The second-order valence-electron chi connectivity index (χ2n) is 4.06. The van der Waals surface area contributed by atoms with Crippen LogP contribution in [-0.2, 0) is 4.74 Å². The van der Waals surface area contributed by atoms with Crippen molar-refractivity contribution in [1.82, 2.24) is 0 Å². The molecule has 16 heavy (non-hydrogen) atoms. The summed E-state index contributed by atoms with van der Waals surface area (Å²) in [5.41, 5.74) is -0.191. The average molecular weight is 266 g/mol. The lowest BCUT2D eigenvalue weighted by molar-refractivity contribution is -0.144. The van der Waals surface area contributed by atoms with Crippen molar-refractivity contribution < 1.29 is 14.9 Å². The van der Waals surface area contributed by atoms with Crippen molar-refractivity contribution in [2.24, 2.45) is 4.99 Å². The Kier molecular flexibility index (Phi) is 4.13. The molecule has 6 heteroatoms. The Labute approximate surface area is 104 Å². The van der Waals surface area contributed by atoms with E-state index in [0.717, 1.165) is 17.9 Å². The van der Waals surface area contributed by atoms with Crippen molar-refractivity contribution in [1.29, 1.82) is 0 Å². The second-order valence-corrected chi connectivity index (χ2v) is 5.54. The molecule has 0 radical (unpaired) electrons. The van der Waals surface area contributed by atoms with Gasteiger partial charge in [-0.25, -0.2) is 0 Å². The largest absolute Gasteiger partial charge is 0.388 e. The van der Waals surface area contributed by atoms with Crippen LogP contribution in [0.5, 0.6) is 0 Å². The second kappa shape index (κ2) is 5.23. The first-order valence-corrected chi connectivity index (χ1v) is 6.89. The maximum Gasteiger partial charge on any atom is 0.134 e. The highest BCUT2D eigenvalue weighted by molar-refractivity contribution is 8.14. The molecule has 2 rings (SSSR count). The van der Waals surface area contributed by atoms with Crippen LogP contribution in [0, 0.1) is 0 Å². The van der Waals surface area contributed by atoms with Gasteiger partial charge in [-0.15, -0.1) is 11.6 Å². The fraction of sp³-hybridized carbons (Fsp3) is 0.900. The fourth-order valence-corrected chi connectivity index (χ4v) is 3.53. The monoisotopic (exact) mass is 265 g/mol. The van der Waals surface area contributed by atoms with Crippen LogP contribution in [0.1, 0.15) is 19.8 Å². The van der Waals surface area contributed by atoms with Crippen LogP contribution in [0.15, 0.2) is 4.99 Å². The molecule has 0 unspecified atom stereocenters. The molecule has 1 fully saturated rings. The maximum atomic E-state index is 9.93. The van der Waals surface area contributed by atoms with Crippen molar-refractivity contribution in [3.63, 3.8) is 0 Å². The van der Waals surface area contributed by atoms with Gasteiger partial charge in [0.2, 0.25) is 0 Å². The molecule has 0 aromatic carbocycles. The van der Waals surface area contributed by atoms with Crippen molar-refractivity contribution in [3.05, 3.63) is 0 Å².